The molecule has 21 heavy (non-hydrogen) atoms. The lowest BCUT2D eigenvalue weighted by Gasteiger charge is -2.31. The SMILES string of the molecule is CC1=C(C)C(C)(c2cccc3ccc(C)nc23)C(C)=C1C. The molecule has 1 aliphatic carbocycles. The summed E-state index contributed by atoms with van der Waals surface area (Å²) in [7, 11) is 0. The van der Waals surface area contributed by atoms with Crippen molar-refractivity contribution < 1.29 is 0 Å². The zero-order valence-corrected chi connectivity index (χ0v) is 13.8. The van der Waals surface area contributed by atoms with Crippen molar-refractivity contribution in [2.45, 2.75) is 47.0 Å². The summed E-state index contributed by atoms with van der Waals surface area (Å²) >= 11 is 0. The second kappa shape index (κ2) is 4.56. The number of rotatable bonds is 1. The van der Waals surface area contributed by atoms with Gasteiger partial charge in [-0.05, 0) is 64.3 Å². The third-order valence-electron chi connectivity index (χ3n) is 5.59. The Balaban J connectivity index is 2.38. The predicted molar refractivity (Wildman–Crippen MR) is 90.6 cm³/mol. The van der Waals surface area contributed by atoms with Crippen molar-refractivity contribution in [1.82, 2.24) is 4.98 Å². The maximum atomic E-state index is 4.84. The van der Waals surface area contributed by atoms with Crippen LogP contribution in [-0.4, -0.2) is 4.98 Å². The van der Waals surface area contributed by atoms with Gasteiger partial charge in [-0.3, -0.25) is 4.98 Å². The van der Waals surface area contributed by atoms with Crippen LogP contribution >= 0.6 is 0 Å². The number of hydrogen-bond donors (Lipinski definition) is 0. The summed E-state index contributed by atoms with van der Waals surface area (Å²) in [5, 5.41) is 1.22. The lowest BCUT2D eigenvalue weighted by Crippen LogP contribution is -2.23. The molecule has 0 amide bonds. The monoisotopic (exact) mass is 277 g/mol. The highest BCUT2D eigenvalue weighted by molar-refractivity contribution is 5.85. The Morgan fingerprint density at radius 3 is 2.05 bits per heavy atom. The first-order valence-corrected chi connectivity index (χ1v) is 7.60. The van der Waals surface area contributed by atoms with Gasteiger partial charge < -0.3 is 0 Å². The first-order chi connectivity index (χ1) is 9.87. The van der Waals surface area contributed by atoms with Crippen molar-refractivity contribution in [3.8, 4) is 0 Å². The molecule has 3 rings (SSSR count). The summed E-state index contributed by atoms with van der Waals surface area (Å²) in [5.41, 5.74) is 9.28. The van der Waals surface area contributed by atoms with Crippen LogP contribution in [0.4, 0.5) is 0 Å². The van der Waals surface area contributed by atoms with Gasteiger partial charge in [-0.2, -0.15) is 0 Å². The third kappa shape index (κ3) is 1.80. The van der Waals surface area contributed by atoms with Gasteiger partial charge in [0.15, 0.2) is 0 Å². The number of nitrogens with zero attached hydrogens (tertiary/aromatic N) is 1. The number of aryl methyl sites for hydroxylation is 1. The smallest absolute Gasteiger partial charge is 0.0749 e. The Morgan fingerprint density at radius 1 is 0.810 bits per heavy atom. The molecule has 0 N–H and O–H groups in total. The van der Waals surface area contributed by atoms with Gasteiger partial charge >= 0.3 is 0 Å². The van der Waals surface area contributed by atoms with Crippen molar-refractivity contribution in [3.05, 3.63) is 63.9 Å². The molecule has 0 fully saturated rings. The number of benzene rings is 1. The van der Waals surface area contributed by atoms with E-state index in [0.29, 0.717) is 0 Å². The molecule has 0 saturated heterocycles. The van der Waals surface area contributed by atoms with E-state index in [1.165, 1.54) is 33.2 Å². The average Bonchev–Trinajstić information content (AvgIpc) is 2.63. The Labute approximate surface area is 127 Å². The summed E-state index contributed by atoms with van der Waals surface area (Å²) in [6.45, 7) is 13.4. The maximum absolute atomic E-state index is 4.84. The van der Waals surface area contributed by atoms with Gasteiger partial charge in [0.2, 0.25) is 0 Å². The van der Waals surface area contributed by atoms with Crippen LogP contribution in [0.15, 0.2) is 52.6 Å². The molecule has 1 heterocycles. The summed E-state index contributed by atoms with van der Waals surface area (Å²) in [6, 6.07) is 10.8. The molecule has 1 heteroatoms. The van der Waals surface area contributed by atoms with Crippen molar-refractivity contribution >= 4 is 10.9 Å². The van der Waals surface area contributed by atoms with Gasteiger partial charge in [-0.1, -0.05) is 35.4 Å². The molecule has 0 spiro atoms. The van der Waals surface area contributed by atoms with Crippen LogP contribution < -0.4 is 0 Å². The number of pyridine rings is 1. The lowest BCUT2D eigenvalue weighted by molar-refractivity contribution is 0.671. The third-order valence-corrected chi connectivity index (χ3v) is 5.59. The van der Waals surface area contributed by atoms with Crippen LogP contribution in [0.2, 0.25) is 0 Å². The highest BCUT2D eigenvalue weighted by atomic mass is 14.7. The van der Waals surface area contributed by atoms with Crippen molar-refractivity contribution in [1.29, 1.82) is 0 Å². The van der Waals surface area contributed by atoms with Gasteiger partial charge in [-0.25, -0.2) is 0 Å². The highest BCUT2D eigenvalue weighted by Gasteiger charge is 2.39. The molecule has 2 aromatic rings. The standard InChI is InChI=1S/C20H23N/c1-12-10-11-17-8-7-9-18(19(17)21-12)20(6)15(4)13(2)14(3)16(20)5/h7-11H,1-6H3. The van der Waals surface area contributed by atoms with Crippen LogP contribution in [0.5, 0.6) is 0 Å². The van der Waals surface area contributed by atoms with E-state index in [-0.39, 0.29) is 5.41 Å². The minimum Gasteiger partial charge on any atom is -0.253 e. The molecule has 1 aromatic carbocycles. The topological polar surface area (TPSA) is 12.9 Å². The molecule has 1 nitrogen and oxygen atoms in total. The largest absolute Gasteiger partial charge is 0.253 e. The van der Waals surface area contributed by atoms with Gasteiger partial charge in [0.1, 0.15) is 0 Å². The van der Waals surface area contributed by atoms with E-state index >= 15 is 0 Å². The lowest BCUT2D eigenvalue weighted by atomic mass is 9.72. The van der Waals surface area contributed by atoms with E-state index in [1.54, 1.807) is 0 Å². The summed E-state index contributed by atoms with van der Waals surface area (Å²) < 4.78 is 0. The molecule has 0 unspecified atom stereocenters. The highest BCUT2D eigenvalue weighted by Crippen LogP contribution is 2.49. The van der Waals surface area contributed by atoms with Gasteiger partial charge in [-0.15, -0.1) is 0 Å². The molecular weight excluding hydrogens is 254 g/mol. The number of allylic oxidation sites excluding steroid dienone is 4. The van der Waals surface area contributed by atoms with Gasteiger partial charge in [0.05, 0.1) is 5.52 Å². The Morgan fingerprint density at radius 2 is 1.43 bits per heavy atom. The predicted octanol–water partition coefficient (Wildman–Crippen LogP) is 5.49. The molecule has 0 saturated carbocycles. The van der Waals surface area contributed by atoms with E-state index in [2.05, 4.69) is 71.9 Å². The zero-order chi connectivity index (χ0) is 15.4. The van der Waals surface area contributed by atoms with E-state index in [9.17, 15) is 0 Å². The second-order valence-electron chi connectivity index (χ2n) is 6.45. The molecule has 108 valence electrons. The maximum Gasteiger partial charge on any atom is 0.0749 e. The zero-order valence-electron chi connectivity index (χ0n) is 13.8. The first kappa shape index (κ1) is 14.1. The number of para-hydroxylation sites is 1. The van der Waals surface area contributed by atoms with Crippen molar-refractivity contribution in [2.24, 2.45) is 0 Å². The number of hydrogen-bond acceptors (Lipinski definition) is 1. The molecule has 1 aromatic heterocycles. The average molecular weight is 277 g/mol. The minimum atomic E-state index is -0.0333. The quantitative estimate of drug-likeness (QED) is 0.672. The molecule has 0 radical (unpaired) electrons. The Bertz CT molecular complexity index is 782. The summed E-state index contributed by atoms with van der Waals surface area (Å²) in [4.78, 5) is 4.84. The molecular formula is C20H23N. The van der Waals surface area contributed by atoms with Crippen molar-refractivity contribution in [3.63, 3.8) is 0 Å². The Hall–Kier alpha value is -1.89. The van der Waals surface area contributed by atoms with Crippen LogP contribution in [-0.2, 0) is 5.41 Å². The normalized spacial score (nSPS) is 18.0. The minimum absolute atomic E-state index is 0.0333. The summed E-state index contributed by atoms with van der Waals surface area (Å²) in [5.74, 6) is 0. The second-order valence-corrected chi connectivity index (χ2v) is 6.45. The summed E-state index contributed by atoms with van der Waals surface area (Å²) in [6.07, 6.45) is 0. The van der Waals surface area contributed by atoms with Crippen LogP contribution in [0.1, 0.15) is 45.9 Å². The Kier molecular flexibility index (Phi) is 3.05. The first-order valence-electron chi connectivity index (χ1n) is 7.60. The van der Waals surface area contributed by atoms with E-state index in [0.717, 1.165) is 11.2 Å². The van der Waals surface area contributed by atoms with Crippen LogP contribution in [0.3, 0.4) is 0 Å². The van der Waals surface area contributed by atoms with E-state index < -0.39 is 0 Å². The molecule has 1 aliphatic rings. The van der Waals surface area contributed by atoms with Crippen molar-refractivity contribution in [2.75, 3.05) is 0 Å². The van der Waals surface area contributed by atoms with Gasteiger partial charge in [0.25, 0.3) is 0 Å². The fourth-order valence-corrected chi connectivity index (χ4v) is 3.65. The number of aromatic nitrogens is 1. The molecule has 0 bridgehead atoms. The fraction of sp³-hybridized carbons (Fsp3) is 0.350. The molecule has 0 atom stereocenters. The fourth-order valence-electron chi connectivity index (χ4n) is 3.65. The van der Waals surface area contributed by atoms with Crippen LogP contribution in [0.25, 0.3) is 10.9 Å². The van der Waals surface area contributed by atoms with E-state index in [4.69, 9.17) is 4.98 Å². The number of fused-ring (bicyclic) bond motifs is 1. The van der Waals surface area contributed by atoms with Crippen LogP contribution in [0, 0.1) is 6.92 Å². The molecule has 0 aliphatic heterocycles. The van der Waals surface area contributed by atoms with E-state index in [1.807, 2.05) is 0 Å². The van der Waals surface area contributed by atoms with Gasteiger partial charge in [0, 0.05) is 16.5 Å².